The summed E-state index contributed by atoms with van der Waals surface area (Å²) in [4.78, 5) is 3.00. The largest absolute Gasteiger partial charge is 0.145 e. The first-order valence-electron chi connectivity index (χ1n) is 6.30. The molecule has 0 spiro atoms. The topological polar surface area (TPSA) is 0 Å². The molecule has 0 aliphatic rings. The average molecular weight is 244 g/mol. The van der Waals surface area contributed by atoms with Crippen molar-refractivity contribution < 1.29 is 0 Å². The second kappa shape index (κ2) is 5.50. The summed E-state index contributed by atoms with van der Waals surface area (Å²) in [6, 6.07) is 15.4. The molecule has 17 heavy (non-hydrogen) atoms. The van der Waals surface area contributed by atoms with Crippen LogP contribution >= 0.6 is 11.3 Å². The fourth-order valence-electron chi connectivity index (χ4n) is 2.02. The Kier molecular flexibility index (Phi) is 4.01. The third kappa shape index (κ3) is 3.19. The van der Waals surface area contributed by atoms with Crippen LogP contribution in [0.3, 0.4) is 0 Å². The highest BCUT2D eigenvalue weighted by Gasteiger charge is 2.09. The first kappa shape index (κ1) is 12.4. The van der Waals surface area contributed by atoms with Gasteiger partial charge in [-0.1, -0.05) is 51.1 Å². The maximum absolute atomic E-state index is 2.31. The summed E-state index contributed by atoms with van der Waals surface area (Å²) in [5.74, 6) is 1.26. The van der Waals surface area contributed by atoms with Crippen molar-refractivity contribution in [3.05, 3.63) is 57.8 Å². The average Bonchev–Trinajstić information content (AvgIpc) is 2.79. The Morgan fingerprint density at radius 2 is 1.65 bits per heavy atom. The van der Waals surface area contributed by atoms with E-state index in [1.807, 2.05) is 11.3 Å². The molecule has 0 aliphatic heterocycles. The van der Waals surface area contributed by atoms with Gasteiger partial charge in [-0.3, -0.25) is 0 Å². The summed E-state index contributed by atoms with van der Waals surface area (Å²) in [7, 11) is 0. The lowest BCUT2D eigenvalue weighted by molar-refractivity contribution is 0.769. The SMILES string of the molecule is CC(C)c1ccc(CC(C)c2ccccc2)s1. The number of hydrogen-bond acceptors (Lipinski definition) is 1. The molecular weight excluding hydrogens is 224 g/mol. The molecule has 0 saturated heterocycles. The van der Waals surface area contributed by atoms with Crippen LogP contribution in [0.15, 0.2) is 42.5 Å². The molecule has 0 N–H and O–H groups in total. The van der Waals surface area contributed by atoms with Gasteiger partial charge in [0.25, 0.3) is 0 Å². The van der Waals surface area contributed by atoms with E-state index in [0.29, 0.717) is 11.8 Å². The standard InChI is InChI=1S/C16H20S/c1-12(2)16-10-9-15(17-16)11-13(3)14-7-5-4-6-8-14/h4-10,12-13H,11H2,1-3H3. The lowest BCUT2D eigenvalue weighted by atomic mass is 9.97. The van der Waals surface area contributed by atoms with Crippen molar-refractivity contribution in [3.8, 4) is 0 Å². The monoisotopic (exact) mass is 244 g/mol. The van der Waals surface area contributed by atoms with Crippen molar-refractivity contribution in [1.29, 1.82) is 0 Å². The molecule has 0 aliphatic carbocycles. The Bertz CT molecular complexity index is 453. The molecule has 1 atom stereocenters. The van der Waals surface area contributed by atoms with Gasteiger partial charge in [-0.2, -0.15) is 0 Å². The zero-order valence-electron chi connectivity index (χ0n) is 10.8. The van der Waals surface area contributed by atoms with Crippen molar-refractivity contribution in [2.75, 3.05) is 0 Å². The van der Waals surface area contributed by atoms with Gasteiger partial charge in [0.15, 0.2) is 0 Å². The van der Waals surface area contributed by atoms with E-state index in [4.69, 9.17) is 0 Å². The minimum Gasteiger partial charge on any atom is -0.145 e. The van der Waals surface area contributed by atoms with E-state index >= 15 is 0 Å². The highest BCUT2D eigenvalue weighted by molar-refractivity contribution is 7.12. The van der Waals surface area contributed by atoms with Crippen molar-refractivity contribution in [3.63, 3.8) is 0 Å². The normalized spacial score (nSPS) is 12.9. The molecule has 1 heteroatoms. The summed E-state index contributed by atoms with van der Waals surface area (Å²) in [5.41, 5.74) is 1.44. The molecule has 1 aromatic heterocycles. The Labute approximate surface area is 108 Å². The molecule has 0 amide bonds. The third-order valence-corrected chi connectivity index (χ3v) is 4.54. The van der Waals surface area contributed by atoms with E-state index in [1.165, 1.54) is 15.3 Å². The van der Waals surface area contributed by atoms with E-state index in [-0.39, 0.29) is 0 Å². The lowest BCUT2D eigenvalue weighted by Crippen LogP contribution is -1.96. The second-order valence-electron chi connectivity index (χ2n) is 4.97. The first-order chi connectivity index (χ1) is 8.16. The van der Waals surface area contributed by atoms with Gasteiger partial charge >= 0.3 is 0 Å². The first-order valence-corrected chi connectivity index (χ1v) is 7.12. The summed E-state index contributed by atoms with van der Waals surface area (Å²) >= 11 is 1.96. The fraction of sp³-hybridized carbons (Fsp3) is 0.375. The number of rotatable bonds is 4. The zero-order valence-corrected chi connectivity index (χ0v) is 11.6. The van der Waals surface area contributed by atoms with Gasteiger partial charge < -0.3 is 0 Å². The second-order valence-corrected chi connectivity index (χ2v) is 6.17. The molecule has 2 rings (SSSR count). The summed E-state index contributed by atoms with van der Waals surface area (Å²) in [5, 5.41) is 0. The molecule has 0 bridgehead atoms. The van der Waals surface area contributed by atoms with Gasteiger partial charge in [-0.25, -0.2) is 0 Å². The number of hydrogen-bond donors (Lipinski definition) is 0. The zero-order chi connectivity index (χ0) is 12.3. The minimum absolute atomic E-state index is 0.606. The van der Waals surface area contributed by atoms with E-state index in [2.05, 4.69) is 63.2 Å². The van der Waals surface area contributed by atoms with Crippen molar-refractivity contribution >= 4 is 11.3 Å². The van der Waals surface area contributed by atoms with Gasteiger partial charge in [0, 0.05) is 9.75 Å². The van der Waals surface area contributed by atoms with Crippen LogP contribution in [0, 0.1) is 0 Å². The molecule has 0 radical (unpaired) electrons. The van der Waals surface area contributed by atoms with Crippen LogP contribution in [-0.2, 0) is 6.42 Å². The van der Waals surface area contributed by atoms with Gasteiger partial charge in [0.1, 0.15) is 0 Å². The predicted octanol–water partition coefficient (Wildman–Crippen LogP) is 5.22. The minimum atomic E-state index is 0.606. The van der Waals surface area contributed by atoms with Crippen LogP contribution in [0.25, 0.3) is 0 Å². The lowest BCUT2D eigenvalue weighted by Gasteiger charge is -2.10. The fourth-order valence-corrected chi connectivity index (χ4v) is 3.16. The summed E-state index contributed by atoms with van der Waals surface area (Å²) < 4.78 is 0. The molecule has 0 fully saturated rings. The number of thiophene rings is 1. The Morgan fingerprint density at radius 3 is 2.24 bits per heavy atom. The Hall–Kier alpha value is -1.08. The van der Waals surface area contributed by atoms with Gasteiger partial charge in [0.2, 0.25) is 0 Å². The summed E-state index contributed by atoms with van der Waals surface area (Å²) in [6.45, 7) is 6.83. The quantitative estimate of drug-likeness (QED) is 0.692. The smallest absolute Gasteiger partial charge is 0.00736 e. The van der Waals surface area contributed by atoms with E-state index < -0.39 is 0 Å². The van der Waals surface area contributed by atoms with Crippen molar-refractivity contribution in [2.45, 2.75) is 39.0 Å². The molecule has 90 valence electrons. The van der Waals surface area contributed by atoms with Crippen molar-refractivity contribution in [2.24, 2.45) is 0 Å². The molecule has 2 aromatic rings. The summed E-state index contributed by atoms with van der Waals surface area (Å²) in [6.07, 6.45) is 1.15. The van der Waals surface area contributed by atoms with Gasteiger partial charge in [-0.05, 0) is 36.0 Å². The van der Waals surface area contributed by atoms with Crippen LogP contribution < -0.4 is 0 Å². The van der Waals surface area contributed by atoms with Crippen LogP contribution in [0.5, 0.6) is 0 Å². The highest BCUT2D eigenvalue weighted by Crippen LogP contribution is 2.28. The van der Waals surface area contributed by atoms with Crippen LogP contribution in [-0.4, -0.2) is 0 Å². The molecule has 0 saturated carbocycles. The van der Waals surface area contributed by atoms with E-state index in [0.717, 1.165) is 6.42 Å². The van der Waals surface area contributed by atoms with Gasteiger partial charge in [-0.15, -0.1) is 11.3 Å². The van der Waals surface area contributed by atoms with Crippen LogP contribution in [0.1, 0.15) is 47.9 Å². The molecular formula is C16H20S. The third-order valence-electron chi connectivity index (χ3n) is 3.13. The Balaban J connectivity index is 2.05. The Morgan fingerprint density at radius 1 is 0.941 bits per heavy atom. The molecule has 1 aromatic carbocycles. The van der Waals surface area contributed by atoms with Crippen LogP contribution in [0.2, 0.25) is 0 Å². The highest BCUT2D eigenvalue weighted by atomic mass is 32.1. The molecule has 1 heterocycles. The van der Waals surface area contributed by atoms with E-state index in [1.54, 1.807) is 0 Å². The maximum atomic E-state index is 2.31. The van der Waals surface area contributed by atoms with E-state index in [9.17, 15) is 0 Å². The molecule has 1 unspecified atom stereocenters. The predicted molar refractivity (Wildman–Crippen MR) is 77.0 cm³/mol. The maximum Gasteiger partial charge on any atom is 0.00736 e. The number of benzene rings is 1. The van der Waals surface area contributed by atoms with Crippen molar-refractivity contribution in [1.82, 2.24) is 0 Å². The van der Waals surface area contributed by atoms with Gasteiger partial charge in [0.05, 0.1) is 0 Å². The molecule has 0 nitrogen and oxygen atoms in total. The van der Waals surface area contributed by atoms with Crippen LogP contribution in [0.4, 0.5) is 0 Å².